The van der Waals surface area contributed by atoms with Gasteiger partial charge in [0.05, 0.1) is 5.52 Å². The Balaban J connectivity index is 2.92. The number of fused-ring (bicyclic) bond motifs is 1. The molecule has 1 heterocycles. The first kappa shape index (κ1) is 7.80. The second-order valence-electron chi connectivity index (χ2n) is 3.02. The third-order valence-corrected chi connectivity index (χ3v) is 2.55. The van der Waals surface area contributed by atoms with Crippen molar-refractivity contribution in [3.63, 3.8) is 0 Å². The molecule has 1 aromatic carbocycles. The smallest absolute Gasteiger partial charge is 0.108 e. The number of benzene rings is 1. The summed E-state index contributed by atoms with van der Waals surface area (Å²) in [6, 6.07) is 4.26. The molecule has 0 amide bonds. The van der Waals surface area contributed by atoms with E-state index in [0.29, 0.717) is 0 Å². The minimum Gasteiger partial charge on any atom is -0.270 e. The molecule has 0 saturated heterocycles. The van der Waals surface area contributed by atoms with Crippen molar-refractivity contribution < 1.29 is 0 Å². The summed E-state index contributed by atoms with van der Waals surface area (Å²) in [4.78, 5) is 0. The molecule has 1 N–H and O–H groups in total. The van der Waals surface area contributed by atoms with Crippen molar-refractivity contribution in [2.24, 2.45) is 0 Å². The van der Waals surface area contributed by atoms with E-state index in [-0.39, 0.29) is 0 Å². The fraction of sp³-hybridized carbons (Fsp3) is 0.222. The monoisotopic (exact) mass is 224 g/mol. The predicted molar refractivity (Wildman–Crippen MR) is 53.3 cm³/mol. The highest BCUT2D eigenvalue weighted by atomic mass is 79.9. The molecule has 12 heavy (non-hydrogen) atoms. The second kappa shape index (κ2) is 2.59. The first-order valence-corrected chi connectivity index (χ1v) is 4.58. The van der Waals surface area contributed by atoms with E-state index >= 15 is 0 Å². The van der Waals surface area contributed by atoms with Gasteiger partial charge in [-0.1, -0.05) is 11.6 Å². The Morgan fingerprint density at radius 2 is 2.08 bits per heavy atom. The predicted octanol–water partition coefficient (Wildman–Crippen LogP) is 2.94. The summed E-state index contributed by atoms with van der Waals surface area (Å²) in [5.74, 6) is 0. The van der Waals surface area contributed by atoms with E-state index in [1.54, 1.807) is 0 Å². The van der Waals surface area contributed by atoms with Crippen molar-refractivity contribution >= 4 is 26.8 Å². The lowest BCUT2D eigenvalue weighted by Crippen LogP contribution is -1.78. The van der Waals surface area contributed by atoms with Crippen molar-refractivity contribution in [1.82, 2.24) is 10.2 Å². The number of H-pyrrole nitrogens is 1. The zero-order chi connectivity index (χ0) is 8.72. The Bertz CT molecular complexity index is 431. The van der Waals surface area contributed by atoms with E-state index in [4.69, 9.17) is 0 Å². The maximum Gasteiger partial charge on any atom is 0.108 e. The van der Waals surface area contributed by atoms with Gasteiger partial charge in [-0.2, -0.15) is 5.10 Å². The van der Waals surface area contributed by atoms with E-state index < -0.39 is 0 Å². The Labute approximate surface area is 79.1 Å². The molecule has 0 atom stereocenters. The Hall–Kier alpha value is -0.830. The lowest BCUT2D eigenvalue weighted by atomic mass is 10.1. The molecule has 0 spiro atoms. The number of rotatable bonds is 0. The van der Waals surface area contributed by atoms with Crippen LogP contribution in [0.25, 0.3) is 10.9 Å². The lowest BCUT2D eigenvalue weighted by molar-refractivity contribution is 1.09. The summed E-state index contributed by atoms with van der Waals surface area (Å²) in [7, 11) is 0. The minimum absolute atomic E-state index is 0.962. The van der Waals surface area contributed by atoms with E-state index in [9.17, 15) is 0 Å². The number of nitrogens with one attached hydrogen (secondary N) is 1. The summed E-state index contributed by atoms with van der Waals surface area (Å²) in [6.45, 7) is 4.16. The van der Waals surface area contributed by atoms with Crippen LogP contribution in [0.5, 0.6) is 0 Å². The third-order valence-electron chi connectivity index (χ3n) is 1.95. The summed E-state index contributed by atoms with van der Waals surface area (Å²) in [6.07, 6.45) is 0. The number of aromatic amines is 1. The molecule has 0 radical (unpaired) electrons. The Kier molecular flexibility index (Phi) is 1.68. The maximum absolute atomic E-state index is 4.19. The molecule has 0 saturated carbocycles. The molecule has 0 aliphatic carbocycles. The Morgan fingerprint density at radius 1 is 1.33 bits per heavy atom. The standard InChI is InChI=1S/C9H9BrN2/c1-5-3-6(2)8-7(4-5)9(10)12-11-8/h3-4H,1-2H3,(H,11,12). The van der Waals surface area contributed by atoms with E-state index in [1.165, 1.54) is 11.1 Å². The minimum atomic E-state index is 0.962. The number of aryl methyl sites for hydroxylation is 2. The van der Waals surface area contributed by atoms with Gasteiger partial charge >= 0.3 is 0 Å². The van der Waals surface area contributed by atoms with Crippen molar-refractivity contribution in [2.75, 3.05) is 0 Å². The Morgan fingerprint density at radius 3 is 2.83 bits per heavy atom. The third kappa shape index (κ3) is 1.05. The molecule has 0 aliphatic rings. The molecule has 1 aromatic heterocycles. The van der Waals surface area contributed by atoms with E-state index in [2.05, 4.69) is 52.1 Å². The quantitative estimate of drug-likeness (QED) is 0.733. The van der Waals surface area contributed by atoms with Crippen LogP contribution in [0.3, 0.4) is 0 Å². The molecule has 2 aromatic rings. The molecule has 3 heteroatoms. The van der Waals surface area contributed by atoms with Gasteiger partial charge in [-0.3, -0.25) is 5.10 Å². The molecule has 62 valence electrons. The molecule has 0 aliphatic heterocycles. The van der Waals surface area contributed by atoms with Crippen LogP contribution in [-0.4, -0.2) is 10.2 Å². The zero-order valence-electron chi connectivity index (χ0n) is 6.98. The summed E-state index contributed by atoms with van der Waals surface area (Å²) < 4.78 is 0.962. The molecule has 0 unspecified atom stereocenters. The van der Waals surface area contributed by atoms with Gasteiger partial charge in [0.25, 0.3) is 0 Å². The van der Waals surface area contributed by atoms with Crippen LogP contribution in [0.1, 0.15) is 11.1 Å². The van der Waals surface area contributed by atoms with Crippen LogP contribution in [0.4, 0.5) is 0 Å². The van der Waals surface area contributed by atoms with Gasteiger partial charge in [-0.05, 0) is 41.4 Å². The van der Waals surface area contributed by atoms with Gasteiger partial charge in [0, 0.05) is 5.39 Å². The first-order chi connectivity index (χ1) is 5.68. The number of aromatic nitrogens is 2. The average molecular weight is 225 g/mol. The van der Waals surface area contributed by atoms with Gasteiger partial charge in [-0.25, -0.2) is 0 Å². The van der Waals surface area contributed by atoms with Crippen molar-refractivity contribution in [2.45, 2.75) is 13.8 Å². The molecule has 2 rings (SSSR count). The first-order valence-electron chi connectivity index (χ1n) is 3.79. The number of hydrogen-bond acceptors (Lipinski definition) is 1. The largest absolute Gasteiger partial charge is 0.270 e. The van der Waals surface area contributed by atoms with Crippen LogP contribution in [0.2, 0.25) is 0 Å². The second-order valence-corrected chi connectivity index (χ2v) is 3.81. The summed E-state index contributed by atoms with van der Waals surface area (Å²) >= 11 is 3.42. The zero-order valence-corrected chi connectivity index (χ0v) is 8.57. The lowest BCUT2D eigenvalue weighted by Gasteiger charge is -1.96. The van der Waals surface area contributed by atoms with Crippen LogP contribution >= 0.6 is 15.9 Å². The molecular formula is C9H9BrN2. The van der Waals surface area contributed by atoms with E-state index in [1.807, 2.05) is 0 Å². The molecule has 0 bridgehead atoms. The van der Waals surface area contributed by atoms with E-state index in [0.717, 1.165) is 15.5 Å². The SMILES string of the molecule is Cc1cc(C)c2n[nH]c(Br)c2c1. The maximum atomic E-state index is 4.19. The number of nitrogens with zero attached hydrogens (tertiary/aromatic N) is 1. The molecular weight excluding hydrogens is 216 g/mol. The number of hydrogen-bond donors (Lipinski definition) is 1. The fourth-order valence-corrected chi connectivity index (χ4v) is 1.83. The highest BCUT2D eigenvalue weighted by Gasteiger charge is 2.04. The van der Waals surface area contributed by atoms with Crippen LogP contribution < -0.4 is 0 Å². The van der Waals surface area contributed by atoms with Crippen molar-refractivity contribution in [3.8, 4) is 0 Å². The van der Waals surface area contributed by atoms with Gasteiger partial charge in [0.15, 0.2) is 0 Å². The van der Waals surface area contributed by atoms with Gasteiger partial charge in [-0.15, -0.1) is 0 Å². The normalized spacial score (nSPS) is 10.9. The summed E-state index contributed by atoms with van der Waals surface area (Å²) in [5.41, 5.74) is 3.53. The molecule has 0 fully saturated rings. The van der Waals surface area contributed by atoms with Gasteiger partial charge < -0.3 is 0 Å². The molecule has 2 nitrogen and oxygen atoms in total. The topological polar surface area (TPSA) is 28.7 Å². The van der Waals surface area contributed by atoms with Crippen LogP contribution in [0.15, 0.2) is 16.7 Å². The van der Waals surface area contributed by atoms with Gasteiger partial charge in [0.1, 0.15) is 4.60 Å². The van der Waals surface area contributed by atoms with Gasteiger partial charge in [0.2, 0.25) is 0 Å². The van der Waals surface area contributed by atoms with Crippen LogP contribution in [-0.2, 0) is 0 Å². The van der Waals surface area contributed by atoms with Crippen LogP contribution in [0, 0.1) is 13.8 Å². The highest BCUT2D eigenvalue weighted by molar-refractivity contribution is 9.10. The van der Waals surface area contributed by atoms with Crippen molar-refractivity contribution in [3.05, 3.63) is 27.9 Å². The number of halogens is 1. The average Bonchev–Trinajstić information content (AvgIpc) is 2.33. The fourth-order valence-electron chi connectivity index (χ4n) is 1.44. The van der Waals surface area contributed by atoms with Crippen molar-refractivity contribution in [1.29, 1.82) is 0 Å². The highest BCUT2D eigenvalue weighted by Crippen LogP contribution is 2.24. The summed E-state index contributed by atoms with van der Waals surface area (Å²) in [5, 5.41) is 8.26.